The minimum Gasteiger partial charge on any atom is -0.369 e. The average molecular weight is 614 g/mol. The average Bonchev–Trinajstić information content (AvgIpc) is 3.18. The molecule has 0 aromatic heterocycles. The van der Waals surface area contributed by atoms with E-state index < -0.39 is 67.7 Å². The Bertz CT molecular complexity index is 1390. The molecule has 1 fully saturated rings. The molecule has 3 atom stereocenters. The molecule has 1 saturated carbocycles. The SMILES string of the molecule is C[C@]1(F)CCC[C@H]1CC(=O)C[C@@H]1CCc2cc(C(O)(C(F)(F)F)C(F)(F)F)ccc2N1S(=O)(=O)c1ccc(F)cc1. The molecule has 1 N–H and O–H groups in total. The number of carbonyl (C=O) groups is 1. The van der Waals surface area contributed by atoms with Crippen LogP contribution in [0.2, 0.25) is 0 Å². The van der Waals surface area contributed by atoms with Crippen molar-refractivity contribution in [1.82, 2.24) is 0 Å². The van der Waals surface area contributed by atoms with Crippen molar-refractivity contribution in [1.29, 1.82) is 0 Å². The van der Waals surface area contributed by atoms with Gasteiger partial charge in [0.05, 0.1) is 16.6 Å². The Morgan fingerprint density at radius 1 is 1.00 bits per heavy atom. The van der Waals surface area contributed by atoms with Crippen LogP contribution in [-0.4, -0.2) is 43.4 Å². The van der Waals surface area contributed by atoms with Gasteiger partial charge in [-0.05, 0) is 80.8 Å². The predicted octanol–water partition coefficient (Wildman–Crippen LogP) is 6.53. The molecule has 1 aliphatic carbocycles. The lowest BCUT2D eigenvalue weighted by molar-refractivity contribution is -0.376. The van der Waals surface area contributed by atoms with Crippen molar-refractivity contribution in [2.75, 3.05) is 4.31 Å². The summed E-state index contributed by atoms with van der Waals surface area (Å²) >= 11 is 0. The fourth-order valence-electron chi connectivity index (χ4n) is 5.72. The number of sulfonamides is 1. The van der Waals surface area contributed by atoms with E-state index in [0.717, 1.165) is 34.6 Å². The van der Waals surface area contributed by atoms with Gasteiger partial charge in [0.1, 0.15) is 17.3 Å². The molecule has 0 spiro atoms. The molecule has 1 heterocycles. The summed E-state index contributed by atoms with van der Waals surface area (Å²) in [6.45, 7) is 1.39. The van der Waals surface area contributed by atoms with Crippen molar-refractivity contribution in [2.45, 2.75) is 86.4 Å². The summed E-state index contributed by atoms with van der Waals surface area (Å²) in [5, 5.41) is 9.84. The molecule has 0 saturated heterocycles. The lowest BCUT2D eigenvalue weighted by atomic mass is 9.85. The number of aryl methyl sites for hydroxylation is 1. The van der Waals surface area contributed by atoms with E-state index in [4.69, 9.17) is 0 Å². The topological polar surface area (TPSA) is 74.7 Å². The summed E-state index contributed by atoms with van der Waals surface area (Å²) in [4.78, 5) is 12.6. The molecule has 226 valence electrons. The summed E-state index contributed by atoms with van der Waals surface area (Å²) in [6.07, 6.45) is -11.9. The molecule has 0 bridgehead atoms. The number of rotatable bonds is 7. The Morgan fingerprint density at radius 3 is 2.15 bits per heavy atom. The highest BCUT2D eigenvalue weighted by atomic mass is 32.2. The summed E-state index contributed by atoms with van der Waals surface area (Å²) in [6, 6.07) is 3.99. The highest BCUT2D eigenvalue weighted by Gasteiger charge is 2.71. The first kappa shape index (κ1) is 31.2. The number of aliphatic hydroxyl groups is 1. The first-order valence-electron chi connectivity index (χ1n) is 12.8. The maximum absolute atomic E-state index is 14.8. The van der Waals surface area contributed by atoms with E-state index in [1.54, 1.807) is 0 Å². The van der Waals surface area contributed by atoms with Gasteiger partial charge in [-0.1, -0.05) is 12.1 Å². The lowest BCUT2D eigenvalue weighted by Crippen LogP contribution is -2.54. The van der Waals surface area contributed by atoms with Crippen LogP contribution >= 0.6 is 0 Å². The molecule has 2 aromatic carbocycles. The van der Waals surface area contributed by atoms with Gasteiger partial charge in [-0.25, -0.2) is 17.2 Å². The van der Waals surface area contributed by atoms with Crippen LogP contribution in [0.25, 0.3) is 0 Å². The molecule has 0 amide bonds. The monoisotopic (exact) mass is 613 g/mol. The van der Waals surface area contributed by atoms with Gasteiger partial charge in [-0.15, -0.1) is 0 Å². The molecule has 41 heavy (non-hydrogen) atoms. The van der Waals surface area contributed by atoms with E-state index in [1.165, 1.54) is 6.92 Å². The van der Waals surface area contributed by atoms with Crippen LogP contribution in [-0.2, 0) is 26.8 Å². The number of nitrogens with zero attached hydrogens (tertiary/aromatic N) is 1. The molecule has 1 aliphatic heterocycles. The van der Waals surface area contributed by atoms with E-state index in [1.807, 2.05) is 0 Å². The summed E-state index contributed by atoms with van der Waals surface area (Å²) in [7, 11) is -4.61. The van der Waals surface area contributed by atoms with Crippen molar-refractivity contribution in [3.8, 4) is 0 Å². The number of anilines is 1. The zero-order chi connectivity index (χ0) is 30.6. The largest absolute Gasteiger partial charge is 0.430 e. The Labute approximate surface area is 231 Å². The minimum atomic E-state index is -6.14. The third kappa shape index (κ3) is 5.69. The normalized spacial score (nSPS) is 23.9. The summed E-state index contributed by atoms with van der Waals surface area (Å²) in [5.41, 5.74) is -8.86. The Balaban J connectivity index is 1.77. The Kier molecular flexibility index (Phi) is 8.00. The number of alkyl halides is 7. The maximum Gasteiger partial charge on any atom is 0.430 e. The molecule has 5 nitrogen and oxygen atoms in total. The maximum atomic E-state index is 14.8. The number of Topliss-reactive ketones (excluding diaryl/α,β-unsaturated/α-hetero) is 1. The van der Waals surface area contributed by atoms with Gasteiger partial charge in [0.2, 0.25) is 0 Å². The first-order chi connectivity index (χ1) is 18.8. The minimum absolute atomic E-state index is 0.163. The van der Waals surface area contributed by atoms with Gasteiger partial charge in [0, 0.05) is 18.4 Å². The smallest absolute Gasteiger partial charge is 0.369 e. The molecule has 14 heteroatoms. The zero-order valence-electron chi connectivity index (χ0n) is 21.7. The Hall–Kier alpha value is -2.74. The van der Waals surface area contributed by atoms with Gasteiger partial charge in [-0.2, -0.15) is 26.3 Å². The number of hydrogen-bond donors (Lipinski definition) is 1. The first-order valence-corrected chi connectivity index (χ1v) is 14.2. The number of hydrogen-bond acceptors (Lipinski definition) is 4. The van der Waals surface area contributed by atoms with Crippen molar-refractivity contribution < 1.29 is 53.4 Å². The molecular formula is C27H27F8NO4S. The second kappa shape index (κ2) is 10.5. The quantitative estimate of drug-likeness (QED) is 0.361. The van der Waals surface area contributed by atoms with E-state index in [0.29, 0.717) is 25.0 Å². The number of ketones is 1. The highest BCUT2D eigenvalue weighted by molar-refractivity contribution is 7.92. The molecular weight excluding hydrogens is 586 g/mol. The van der Waals surface area contributed by atoms with E-state index in [2.05, 4.69) is 0 Å². The molecule has 4 rings (SSSR count). The van der Waals surface area contributed by atoms with Crippen molar-refractivity contribution in [2.24, 2.45) is 5.92 Å². The van der Waals surface area contributed by atoms with Gasteiger partial charge in [0.15, 0.2) is 0 Å². The molecule has 0 radical (unpaired) electrons. The standard InChI is InChI=1S/C27H27F8NO4S/c1-24(29)12-2-3-17(24)14-21(37)15-20-8-4-16-13-18(25(38,26(30,31)32)27(33,34)35)5-11-23(16)36(20)41(39,40)22-9-6-19(28)7-10-22/h5-7,9-11,13,17,20,38H,2-4,8,12,14-15H2,1H3/t17-,20-,24-/m0/s1. The van der Waals surface area contributed by atoms with Crippen LogP contribution < -0.4 is 4.31 Å². The molecule has 2 aliphatic rings. The number of fused-ring (bicyclic) bond motifs is 1. The second-order valence-electron chi connectivity index (χ2n) is 10.8. The predicted molar refractivity (Wildman–Crippen MR) is 132 cm³/mol. The Morgan fingerprint density at radius 2 is 1.61 bits per heavy atom. The van der Waals surface area contributed by atoms with Crippen LogP contribution in [0, 0.1) is 11.7 Å². The van der Waals surface area contributed by atoms with Gasteiger partial charge >= 0.3 is 12.4 Å². The zero-order valence-corrected chi connectivity index (χ0v) is 22.5. The number of halogens is 8. The summed E-state index contributed by atoms with van der Waals surface area (Å²) in [5.74, 6) is -1.78. The highest BCUT2D eigenvalue weighted by Crippen LogP contribution is 2.51. The number of benzene rings is 2. The third-order valence-corrected chi connectivity index (χ3v) is 9.89. The van der Waals surface area contributed by atoms with Gasteiger partial charge < -0.3 is 5.11 Å². The van der Waals surface area contributed by atoms with Crippen LogP contribution in [0.3, 0.4) is 0 Å². The number of carbonyl (C=O) groups excluding carboxylic acids is 1. The van der Waals surface area contributed by atoms with Crippen molar-refractivity contribution in [3.63, 3.8) is 0 Å². The van der Waals surface area contributed by atoms with E-state index in [9.17, 15) is 53.4 Å². The van der Waals surface area contributed by atoms with Crippen molar-refractivity contribution in [3.05, 3.63) is 59.4 Å². The van der Waals surface area contributed by atoms with E-state index in [-0.39, 0.29) is 43.4 Å². The third-order valence-electron chi connectivity index (χ3n) is 8.01. The van der Waals surface area contributed by atoms with Crippen LogP contribution in [0.1, 0.15) is 56.6 Å². The van der Waals surface area contributed by atoms with Crippen LogP contribution in [0.15, 0.2) is 47.4 Å². The van der Waals surface area contributed by atoms with Crippen molar-refractivity contribution >= 4 is 21.5 Å². The van der Waals surface area contributed by atoms with E-state index >= 15 is 0 Å². The summed E-state index contributed by atoms with van der Waals surface area (Å²) < 4.78 is 137. The molecule has 2 aromatic rings. The van der Waals surface area contributed by atoms with Crippen LogP contribution in [0.5, 0.6) is 0 Å². The molecule has 0 unspecified atom stereocenters. The fraction of sp³-hybridized carbons (Fsp3) is 0.519. The van der Waals surface area contributed by atoms with Gasteiger partial charge in [0.25, 0.3) is 15.6 Å². The van der Waals surface area contributed by atoms with Gasteiger partial charge in [-0.3, -0.25) is 9.10 Å². The van der Waals surface area contributed by atoms with Crippen LogP contribution in [0.4, 0.5) is 40.8 Å². The lowest BCUT2D eigenvalue weighted by Gasteiger charge is -2.39. The fourth-order valence-corrected chi connectivity index (χ4v) is 7.43. The second-order valence-corrected chi connectivity index (χ2v) is 12.6.